The van der Waals surface area contributed by atoms with Crippen LogP contribution >= 0.6 is 0 Å². The standard InChI is InChI=1S/C31H52N2O24/c1-8(37)32-15-10(39)3-31(30(49)50,56-25(15)17(41)11(40)4-34)57-26-19(43)14(7-51-28-16(33-9(2)38)20(44)18(42)12(5-35)53-28)54-29(23(26)47)55-24-13(6-36)52-27(48)22(46)21(24)45/h10-29,34-36,39-48H,3-7H2,1-2H3,(H,32,37)(H,33,38)(H,49,50)/t10-,11+,12+,13+,14+,15+,16+,17+,18-,19-,20+,21+,22+,23+,24+,25+,26-,27+,28+,29-,31-/m0/s1. The fourth-order valence-corrected chi connectivity index (χ4v) is 6.95. The SMILES string of the molecule is CC(=O)N[C@H]1[C@H](OC[C@H]2O[C@@H](O[C@H]3[C@H](O)[C@@H](O)[C@H](O)O[C@@H]3CO)[C@H](O)[C@@H](O[C@]3(C(=O)O)C[C@H](O)[C@@H](NC(C)=O)[C@H]([C@H](O)[C@H](O)CO)O3)[C@H]2O)O[C@H](CO)[C@H](O)[C@@H]1O. The Balaban J connectivity index is 1.72. The minimum Gasteiger partial charge on any atom is -0.477 e. The van der Waals surface area contributed by atoms with Crippen molar-refractivity contribution in [1.29, 1.82) is 0 Å². The Labute approximate surface area is 322 Å². The van der Waals surface area contributed by atoms with Crippen molar-refractivity contribution >= 4 is 17.8 Å². The second-order valence-electron chi connectivity index (χ2n) is 14.1. The van der Waals surface area contributed by atoms with E-state index in [0.717, 1.165) is 13.8 Å². The van der Waals surface area contributed by atoms with E-state index in [-0.39, 0.29) is 0 Å². The van der Waals surface area contributed by atoms with Crippen molar-refractivity contribution in [2.45, 2.75) is 149 Å². The number of carbonyl (C=O) groups is 3. The lowest BCUT2D eigenvalue weighted by Gasteiger charge is -2.51. The Morgan fingerprint density at radius 2 is 1.32 bits per heavy atom. The zero-order valence-corrected chi connectivity index (χ0v) is 30.4. The van der Waals surface area contributed by atoms with Crippen molar-refractivity contribution in [1.82, 2.24) is 10.6 Å². The van der Waals surface area contributed by atoms with E-state index in [9.17, 15) is 85.9 Å². The van der Waals surface area contributed by atoms with Gasteiger partial charge in [0.25, 0.3) is 5.79 Å². The van der Waals surface area contributed by atoms with E-state index < -0.39 is 179 Å². The van der Waals surface area contributed by atoms with Crippen LogP contribution in [-0.4, -0.2) is 244 Å². The summed E-state index contributed by atoms with van der Waals surface area (Å²) in [4.78, 5) is 36.8. The van der Waals surface area contributed by atoms with E-state index >= 15 is 0 Å². The topological polar surface area (TPSA) is 423 Å². The summed E-state index contributed by atoms with van der Waals surface area (Å²) in [6, 6.07) is -3.15. The molecule has 0 aromatic rings. The Hall–Kier alpha value is -2.39. The Morgan fingerprint density at radius 1 is 0.719 bits per heavy atom. The maximum absolute atomic E-state index is 13.0. The number of nitrogens with one attached hydrogen (secondary N) is 2. The molecule has 57 heavy (non-hydrogen) atoms. The first-order valence-corrected chi connectivity index (χ1v) is 17.7. The van der Waals surface area contributed by atoms with Gasteiger partial charge in [0.2, 0.25) is 11.8 Å². The first kappa shape index (κ1) is 47.3. The Morgan fingerprint density at radius 3 is 1.88 bits per heavy atom. The Kier molecular flexibility index (Phi) is 16.4. The molecule has 21 atom stereocenters. The predicted molar refractivity (Wildman–Crippen MR) is 174 cm³/mol. The van der Waals surface area contributed by atoms with Crippen molar-refractivity contribution in [2.75, 3.05) is 26.4 Å². The molecule has 0 saturated carbocycles. The summed E-state index contributed by atoms with van der Waals surface area (Å²) in [6.07, 6.45) is -36.5. The van der Waals surface area contributed by atoms with Crippen LogP contribution in [0.4, 0.5) is 0 Å². The Bertz CT molecular complexity index is 1350. The number of ether oxygens (including phenoxy) is 7. The zero-order valence-electron chi connectivity index (χ0n) is 30.4. The molecule has 4 saturated heterocycles. The van der Waals surface area contributed by atoms with Crippen molar-refractivity contribution in [3.63, 3.8) is 0 Å². The summed E-state index contributed by atoms with van der Waals surface area (Å²) < 4.78 is 39.0. The molecule has 4 fully saturated rings. The van der Waals surface area contributed by atoms with Crippen molar-refractivity contribution in [3.05, 3.63) is 0 Å². The molecule has 0 radical (unpaired) electrons. The van der Waals surface area contributed by atoms with Gasteiger partial charge in [-0.2, -0.15) is 0 Å². The molecule has 0 aromatic carbocycles. The summed E-state index contributed by atoms with van der Waals surface area (Å²) in [7, 11) is 0. The van der Waals surface area contributed by atoms with Crippen LogP contribution in [0.3, 0.4) is 0 Å². The highest BCUT2D eigenvalue weighted by atomic mass is 16.8. The number of amides is 2. The molecule has 0 bridgehead atoms. The highest BCUT2D eigenvalue weighted by Gasteiger charge is 2.60. The number of rotatable bonds is 15. The van der Waals surface area contributed by atoms with Crippen LogP contribution in [0, 0.1) is 0 Å². The van der Waals surface area contributed by atoms with Crippen LogP contribution in [0.5, 0.6) is 0 Å². The second kappa shape index (κ2) is 19.8. The normalized spacial score (nSPS) is 45.1. The molecule has 2 amide bonds. The third kappa shape index (κ3) is 10.3. The summed E-state index contributed by atoms with van der Waals surface area (Å²) >= 11 is 0. The number of aliphatic hydroxyl groups excluding tert-OH is 13. The predicted octanol–water partition coefficient (Wildman–Crippen LogP) is -10.3. The fraction of sp³-hybridized carbons (Fsp3) is 0.903. The van der Waals surface area contributed by atoms with E-state index in [1.165, 1.54) is 0 Å². The molecule has 26 nitrogen and oxygen atoms in total. The van der Waals surface area contributed by atoms with E-state index in [4.69, 9.17) is 33.2 Å². The maximum atomic E-state index is 13.0. The first-order valence-electron chi connectivity index (χ1n) is 17.7. The van der Waals surface area contributed by atoms with Crippen molar-refractivity contribution in [3.8, 4) is 0 Å². The highest BCUT2D eigenvalue weighted by molar-refractivity contribution is 5.76. The zero-order chi connectivity index (χ0) is 42.7. The first-order chi connectivity index (χ1) is 26.7. The van der Waals surface area contributed by atoms with Gasteiger partial charge in [0.05, 0.1) is 38.6 Å². The quantitative estimate of drug-likeness (QED) is 0.0728. The summed E-state index contributed by atoms with van der Waals surface area (Å²) in [5.74, 6) is -6.76. The summed E-state index contributed by atoms with van der Waals surface area (Å²) in [5.41, 5.74) is 0. The van der Waals surface area contributed by atoms with Gasteiger partial charge in [-0.1, -0.05) is 0 Å². The van der Waals surface area contributed by atoms with Gasteiger partial charge in [-0.25, -0.2) is 4.79 Å². The number of aliphatic carboxylic acids is 1. The molecule has 4 aliphatic rings. The minimum absolute atomic E-state index is 0.729. The lowest BCUT2D eigenvalue weighted by molar-refractivity contribution is -0.388. The molecule has 0 aromatic heterocycles. The van der Waals surface area contributed by atoms with Crippen LogP contribution in [0.1, 0.15) is 20.3 Å². The molecule has 330 valence electrons. The van der Waals surface area contributed by atoms with E-state index in [0.29, 0.717) is 0 Å². The van der Waals surface area contributed by atoms with Gasteiger partial charge in [0, 0.05) is 20.3 Å². The number of carboxylic acids is 1. The molecule has 4 heterocycles. The molecule has 0 aliphatic carbocycles. The van der Waals surface area contributed by atoms with Crippen LogP contribution in [-0.2, 0) is 47.5 Å². The van der Waals surface area contributed by atoms with Crippen molar-refractivity contribution < 1.29 is 119 Å². The smallest absolute Gasteiger partial charge is 0.364 e. The number of hydrogen-bond donors (Lipinski definition) is 16. The lowest BCUT2D eigenvalue weighted by atomic mass is 9.88. The largest absolute Gasteiger partial charge is 0.477 e. The second-order valence-corrected chi connectivity index (χ2v) is 14.1. The number of carboxylic acid groups (broad SMARTS) is 1. The molecule has 4 rings (SSSR count). The minimum atomic E-state index is -3.17. The van der Waals surface area contributed by atoms with Gasteiger partial charge in [0.1, 0.15) is 91.5 Å². The van der Waals surface area contributed by atoms with Crippen LogP contribution in [0.2, 0.25) is 0 Å². The van der Waals surface area contributed by atoms with Crippen LogP contribution in [0.15, 0.2) is 0 Å². The van der Waals surface area contributed by atoms with E-state index in [1.54, 1.807) is 0 Å². The van der Waals surface area contributed by atoms with Gasteiger partial charge in [-0.3, -0.25) is 9.59 Å². The average Bonchev–Trinajstić information content (AvgIpc) is 3.16. The molecule has 0 unspecified atom stereocenters. The third-order valence-electron chi connectivity index (χ3n) is 9.96. The van der Waals surface area contributed by atoms with Crippen LogP contribution < -0.4 is 10.6 Å². The number of carbonyl (C=O) groups excluding carboxylic acids is 2. The van der Waals surface area contributed by atoms with Crippen molar-refractivity contribution in [2.24, 2.45) is 0 Å². The monoisotopic (exact) mass is 836 g/mol. The maximum Gasteiger partial charge on any atom is 0.364 e. The third-order valence-corrected chi connectivity index (χ3v) is 9.96. The van der Waals surface area contributed by atoms with Gasteiger partial charge in [0.15, 0.2) is 18.9 Å². The molecule has 16 N–H and O–H groups in total. The van der Waals surface area contributed by atoms with E-state index in [1.807, 2.05) is 0 Å². The fourth-order valence-electron chi connectivity index (χ4n) is 6.95. The molecule has 0 spiro atoms. The molecular formula is C31H52N2O24. The lowest BCUT2D eigenvalue weighted by Crippen LogP contribution is -2.71. The van der Waals surface area contributed by atoms with Gasteiger partial charge < -0.3 is 115 Å². The average molecular weight is 837 g/mol. The molecule has 26 heteroatoms. The van der Waals surface area contributed by atoms with E-state index in [2.05, 4.69) is 10.6 Å². The summed E-state index contributed by atoms with van der Waals surface area (Å²) in [5, 5.41) is 151. The molecule has 4 aliphatic heterocycles. The number of hydrogen-bond acceptors (Lipinski definition) is 23. The van der Waals surface area contributed by atoms with Gasteiger partial charge in [-0.05, 0) is 0 Å². The van der Waals surface area contributed by atoms with Gasteiger partial charge >= 0.3 is 5.97 Å². The van der Waals surface area contributed by atoms with Gasteiger partial charge in [-0.15, -0.1) is 0 Å². The highest BCUT2D eigenvalue weighted by Crippen LogP contribution is 2.38. The number of aliphatic hydroxyl groups is 13. The summed E-state index contributed by atoms with van der Waals surface area (Å²) in [6.45, 7) is -1.75. The van der Waals surface area contributed by atoms with Crippen LogP contribution in [0.25, 0.3) is 0 Å². The molecular weight excluding hydrogens is 784 g/mol.